The van der Waals surface area contributed by atoms with Crippen molar-refractivity contribution < 1.29 is 27.9 Å². The van der Waals surface area contributed by atoms with Crippen LogP contribution in [0.2, 0.25) is 0 Å². The number of carbonyl (C=O) groups is 2. The van der Waals surface area contributed by atoms with Crippen LogP contribution in [0.1, 0.15) is 36.5 Å². The third-order valence-corrected chi connectivity index (χ3v) is 3.34. The number of aliphatic hydroxyl groups is 1. The van der Waals surface area contributed by atoms with Crippen molar-refractivity contribution >= 4 is 11.8 Å². The summed E-state index contributed by atoms with van der Waals surface area (Å²) in [4.78, 5) is 24.1. The normalized spacial score (nSPS) is 18.0. The molecule has 1 aromatic rings. The second-order valence-electron chi connectivity index (χ2n) is 4.89. The Kier molecular flexibility index (Phi) is 4.32. The Balaban J connectivity index is 2.15. The van der Waals surface area contributed by atoms with Crippen LogP contribution in [-0.4, -0.2) is 28.4 Å². The van der Waals surface area contributed by atoms with Crippen molar-refractivity contribution in [2.24, 2.45) is 0 Å². The SMILES string of the molecule is O=C1CCCC(=O)N1CC(O)c1cccc(C(F)(F)F)c1. The molecule has 1 unspecified atom stereocenters. The lowest BCUT2D eigenvalue weighted by atomic mass is 10.0. The first-order valence-corrected chi connectivity index (χ1v) is 6.47. The summed E-state index contributed by atoms with van der Waals surface area (Å²) in [5.74, 6) is -0.811. The van der Waals surface area contributed by atoms with Gasteiger partial charge in [0, 0.05) is 12.8 Å². The van der Waals surface area contributed by atoms with Gasteiger partial charge in [-0.3, -0.25) is 14.5 Å². The number of likely N-dealkylation sites (tertiary alicyclic amines) is 1. The summed E-state index contributed by atoms with van der Waals surface area (Å²) in [6.45, 7) is -0.320. The van der Waals surface area contributed by atoms with Crippen molar-refractivity contribution in [3.05, 3.63) is 35.4 Å². The van der Waals surface area contributed by atoms with Gasteiger partial charge in [-0.1, -0.05) is 12.1 Å². The van der Waals surface area contributed by atoms with Crippen LogP contribution in [-0.2, 0) is 15.8 Å². The molecule has 0 radical (unpaired) electrons. The minimum absolute atomic E-state index is 0.0241. The van der Waals surface area contributed by atoms with Gasteiger partial charge in [0.25, 0.3) is 0 Å². The van der Waals surface area contributed by atoms with Gasteiger partial charge in [0.15, 0.2) is 0 Å². The molecule has 0 saturated carbocycles. The Morgan fingerprint density at radius 1 is 1.19 bits per heavy atom. The van der Waals surface area contributed by atoms with E-state index in [4.69, 9.17) is 0 Å². The number of benzene rings is 1. The fraction of sp³-hybridized carbons (Fsp3) is 0.429. The number of piperidine rings is 1. The number of β-amino-alcohol motifs (C(OH)–C–C–N with tert-alkyl or cyclic N) is 1. The van der Waals surface area contributed by atoms with E-state index >= 15 is 0 Å². The van der Waals surface area contributed by atoms with Gasteiger partial charge >= 0.3 is 6.18 Å². The van der Waals surface area contributed by atoms with Crippen molar-refractivity contribution in [2.75, 3.05) is 6.54 Å². The van der Waals surface area contributed by atoms with Gasteiger partial charge in [0.05, 0.1) is 18.2 Å². The van der Waals surface area contributed by atoms with Crippen LogP contribution in [0.3, 0.4) is 0 Å². The number of halogens is 3. The zero-order valence-electron chi connectivity index (χ0n) is 11.1. The van der Waals surface area contributed by atoms with Crippen LogP contribution in [0, 0.1) is 0 Å². The van der Waals surface area contributed by atoms with E-state index in [9.17, 15) is 27.9 Å². The van der Waals surface area contributed by atoms with Crippen LogP contribution < -0.4 is 0 Å². The molecule has 1 atom stereocenters. The quantitative estimate of drug-likeness (QED) is 0.871. The largest absolute Gasteiger partial charge is 0.416 e. The Morgan fingerprint density at radius 3 is 2.38 bits per heavy atom. The van der Waals surface area contributed by atoms with Gasteiger partial charge in [0.2, 0.25) is 11.8 Å². The highest BCUT2D eigenvalue weighted by atomic mass is 19.4. The van der Waals surface area contributed by atoms with Gasteiger partial charge < -0.3 is 5.11 Å². The van der Waals surface area contributed by atoms with Crippen molar-refractivity contribution in [1.29, 1.82) is 0 Å². The highest BCUT2D eigenvalue weighted by Gasteiger charge is 2.32. The first-order valence-electron chi connectivity index (χ1n) is 6.47. The Morgan fingerprint density at radius 2 is 1.81 bits per heavy atom. The second-order valence-corrected chi connectivity index (χ2v) is 4.89. The van der Waals surface area contributed by atoms with E-state index < -0.39 is 29.7 Å². The standard InChI is InChI=1S/C14H14F3NO3/c15-14(16,17)10-4-1-3-9(7-10)11(19)8-18-12(20)5-2-6-13(18)21/h1,3-4,7,11,19H,2,5-6,8H2. The van der Waals surface area contributed by atoms with Crippen molar-refractivity contribution in [3.8, 4) is 0 Å². The fourth-order valence-corrected chi connectivity index (χ4v) is 2.20. The number of imide groups is 1. The van der Waals surface area contributed by atoms with Crippen molar-refractivity contribution in [2.45, 2.75) is 31.5 Å². The van der Waals surface area contributed by atoms with Crippen LogP contribution in [0.25, 0.3) is 0 Å². The van der Waals surface area contributed by atoms with Crippen molar-refractivity contribution in [3.63, 3.8) is 0 Å². The molecule has 1 fully saturated rings. The van der Waals surface area contributed by atoms with Crippen LogP contribution in [0.5, 0.6) is 0 Å². The molecule has 0 aliphatic carbocycles. The van der Waals surface area contributed by atoms with Gasteiger partial charge in [0.1, 0.15) is 0 Å². The predicted molar refractivity (Wildman–Crippen MR) is 67.0 cm³/mol. The average molecular weight is 301 g/mol. The molecule has 1 saturated heterocycles. The highest BCUT2D eigenvalue weighted by Crippen LogP contribution is 2.31. The lowest BCUT2D eigenvalue weighted by Gasteiger charge is -2.27. The number of rotatable bonds is 3. The summed E-state index contributed by atoms with van der Waals surface area (Å²) < 4.78 is 37.8. The van der Waals surface area contributed by atoms with E-state index in [0.29, 0.717) is 6.42 Å². The third-order valence-electron chi connectivity index (χ3n) is 3.34. The molecule has 1 aliphatic rings. The molecular formula is C14H14F3NO3. The maximum atomic E-state index is 12.6. The minimum atomic E-state index is -4.51. The minimum Gasteiger partial charge on any atom is -0.387 e. The monoisotopic (exact) mass is 301 g/mol. The molecular weight excluding hydrogens is 287 g/mol. The zero-order chi connectivity index (χ0) is 15.6. The third kappa shape index (κ3) is 3.60. The number of nitrogens with zero attached hydrogens (tertiary/aromatic N) is 1. The fourth-order valence-electron chi connectivity index (χ4n) is 2.20. The summed E-state index contributed by atoms with van der Waals surface area (Å²) >= 11 is 0. The number of aliphatic hydroxyl groups excluding tert-OH is 1. The molecule has 1 aromatic carbocycles. The maximum absolute atomic E-state index is 12.6. The number of hydrogen-bond acceptors (Lipinski definition) is 3. The summed E-state index contributed by atoms with van der Waals surface area (Å²) in [6, 6.07) is 4.23. The molecule has 1 N–H and O–H groups in total. The molecule has 21 heavy (non-hydrogen) atoms. The van der Waals surface area contributed by atoms with Crippen molar-refractivity contribution in [1.82, 2.24) is 4.90 Å². The summed E-state index contributed by atoms with van der Waals surface area (Å²) in [5, 5.41) is 9.99. The Bertz CT molecular complexity index is 541. The van der Waals surface area contributed by atoms with Crippen LogP contribution in [0.15, 0.2) is 24.3 Å². The summed E-state index contributed by atoms with van der Waals surface area (Å²) in [7, 11) is 0. The first kappa shape index (κ1) is 15.5. The highest BCUT2D eigenvalue weighted by molar-refractivity contribution is 5.97. The van der Waals surface area contributed by atoms with E-state index in [1.165, 1.54) is 12.1 Å². The first-order chi connectivity index (χ1) is 9.79. The van der Waals surface area contributed by atoms with E-state index in [1.807, 2.05) is 0 Å². The second kappa shape index (κ2) is 5.85. The molecule has 0 bridgehead atoms. The number of hydrogen-bond donors (Lipinski definition) is 1. The molecule has 0 spiro atoms. The lowest BCUT2D eigenvalue weighted by molar-refractivity contribution is -0.149. The van der Waals surface area contributed by atoms with Gasteiger partial charge in [-0.25, -0.2) is 0 Å². The van der Waals surface area contributed by atoms with E-state index in [-0.39, 0.29) is 24.9 Å². The molecule has 114 valence electrons. The number of alkyl halides is 3. The molecule has 7 heteroatoms. The topological polar surface area (TPSA) is 57.6 Å². The summed E-state index contributed by atoms with van der Waals surface area (Å²) in [5.41, 5.74) is -0.855. The van der Waals surface area contributed by atoms with Gasteiger partial charge in [-0.2, -0.15) is 13.2 Å². The zero-order valence-corrected chi connectivity index (χ0v) is 11.1. The molecule has 4 nitrogen and oxygen atoms in total. The van der Waals surface area contributed by atoms with Gasteiger partial charge in [-0.15, -0.1) is 0 Å². The van der Waals surface area contributed by atoms with Gasteiger partial charge in [-0.05, 0) is 24.1 Å². The Hall–Kier alpha value is -1.89. The van der Waals surface area contributed by atoms with Crippen LogP contribution in [0.4, 0.5) is 13.2 Å². The molecule has 2 rings (SSSR count). The summed E-state index contributed by atoms with van der Waals surface area (Å²) in [6.07, 6.45) is -4.96. The smallest absolute Gasteiger partial charge is 0.387 e. The number of carbonyl (C=O) groups excluding carboxylic acids is 2. The molecule has 0 aromatic heterocycles. The average Bonchev–Trinajstić information content (AvgIpc) is 2.42. The van der Waals surface area contributed by atoms with Crippen LogP contribution >= 0.6 is 0 Å². The predicted octanol–water partition coefficient (Wildman–Crippen LogP) is 2.28. The molecule has 1 heterocycles. The number of amides is 2. The lowest BCUT2D eigenvalue weighted by Crippen LogP contribution is -2.42. The van der Waals surface area contributed by atoms with E-state index in [1.54, 1.807) is 0 Å². The van der Waals surface area contributed by atoms with E-state index in [0.717, 1.165) is 17.0 Å². The molecule has 2 amide bonds. The van der Waals surface area contributed by atoms with E-state index in [2.05, 4.69) is 0 Å². The Labute approximate surface area is 119 Å². The maximum Gasteiger partial charge on any atom is 0.416 e. The molecule has 1 aliphatic heterocycles.